The van der Waals surface area contributed by atoms with Crippen LogP contribution >= 0.6 is 15.9 Å². The van der Waals surface area contributed by atoms with Gasteiger partial charge in [-0.05, 0) is 49.1 Å². The molecule has 3 amide bonds. The lowest BCUT2D eigenvalue weighted by atomic mass is 10.0. The monoisotopic (exact) mass is 502 g/mol. The number of halogens is 1. The number of hydrogen-bond acceptors (Lipinski definition) is 4. The lowest BCUT2D eigenvalue weighted by Gasteiger charge is -2.17. The molecule has 8 heteroatoms. The first kappa shape index (κ1) is 25.5. The molecule has 0 fully saturated rings. The zero-order valence-corrected chi connectivity index (χ0v) is 20.1. The largest absolute Gasteiger partial charge is 0.326 e. The molecule has 0 aliphatic rings. The highest BCUT2D eigenvalue weighted by Crippen LogP contribution is 2.22. The summed E-state index contributed by atoms with van der Waals surface area (Å²) in [5.41, 5.74) is 7.70. The lowest BCUT2D eigenvalue weighted by molar-refractivity contribution is -0.118. The fourth-order valence-electron chi connectivity index (χ4n) is 2.97. The van der Waals surface area contributed by atoms with E-state index in [0.29, 0.717) is 37.1 Å². The number of benzene rings is 2. The Hall–Kier alpha value is -2.71. The smallest absolute Gasteiger partial charge is 0.241 e. The Balaban J connectivity index is 1.72. The number of unbranched alkanes of at least 4 members (excludes halogenated alkanes) is 2. The average molecular weight is 503 g/mol. The van der Waals surface area contributed by atoms with Crippen LogP contribution in [0, 0.1) is 5.92 Å². The average Bonchev–Trinajstić information content (AvgIpc) is 2.74. The summed E-state index contributed by atoms with van der Waals surface area (Å²) in [6, 6.07) is 13.9. The molecule has 5 N–H and O–H groups in total. The van der Waals surface area contributed by atoms with Crippen molar-refractivity contribution in [3.63, 3.8) is 0 Å². The van der Waals surface area contributed by atoms with Gasteiger partial charge in [-0.3, -0.25) is 14.4 Å². The van der Waals surface area contributed by atoms with Gasteiger partial charge in [-0.1, -0.05) is 54.4 Å². The van der Waals surface area contributed by atoms with Gasteiger partial charge in [0.2, 0.25) is 17.7 Å². The fraction of sp³-hybridized carbons (Fsp3) is 0.375. The van der Waals surface area contributed by atoms with Crippen molar-refractivity contribution >= 4 is 50.7 Å². The summed E-state index contributed by atoms with van der Waals surface area (Å²) in [6.07, 6.45) is 2.87. The molecule has 172 valence electrons. The highest BCUT2D eigenvalue weighted by molar-refractivity contribution is 9.10. The molecule has 0 radical (unpaired) electrons. The molecular weight excluding hydrogens is 472 g/mol. The molecule has 0 saturated carbocycles. The number of nitrogens with one attached hydrogen (secondary N) is 3. The van der Waals surface area contributed by atoms with Crippen molar-refractivity contribution in [1.82, 2.24) is 0 Å². The van der Waals surface area contributed by atoms with E-state index in [4.69, 9.17) is 5.73 Å². The molecule has 7 nitrogen and oxygen atoms in total. The second-order valence-electron chi connectivity index (χ2n) is 7.97. The molecule has 2 aromatic carbocycles. The normalized spacial score (nSPS) is 11.7. The summed E-state index contributed by atoms with van der Waals surface area (Å²) in [4.78, 5) is 36.6. The van der Waals surface area contributed by atoms with E-state index >= 15 is 0 Å². The van der Waals surface area contributed by atoms with Gasteiger partial charge in [0.05, 0.1) is 17.4 Å². The summed E-state index contributed by atoms with van der Waals surface area (Å²) in [5.74, 6) is -0.466. The van der Waals surface area contributed by atoms with Crippen molar-refractivity contribution < 1.29 is 14.4 Å². The van der Waals surface area contributed by atoms with Gasteiger partial charge in [0.15, 0.2) is 0 Å². The van der Waals surface area contributed by atoms with Gasteiger partial charge in [0, 0.05) is 23.0 Å². The fourth-order valence-corrected chi connectivity index (χ4v) is 3.37. The van der Waals surface area contributed by atoms with Crippen LogP contribution in [-0.2, 0) is 14.4 Å². The zero-order chi connectivity index (χ0) is 23.5. The van der Waals surface area contributed by atoms with Crippen molar-refractivity contribution in [2.45, 2.75) is 52.0 Å². The van der Waals surface area contributed by atoms with Crippen LogP contribution in [0.3, 0.4) is 0 Å². The second kappa shape index (κ2) is 13.0. The number of amides is 3. The predicted molar refractivity (Wildman–Crippen MR) is 132 cm³/mol. The predicted octanol–water partition coefficient (Wildman–Crippen LogP) is 4.90. The summed E-state index contributed by atoms with van der Waals surface area (Å²) in [7, 11) is 0. The van der Waals surface area contributed by atoms with Crippen LogP contribution in [-0.4, -0.2) is 23.8 Å². The zero-order valence-electron chi connectivity index (χ0n) is 18.5. The second-order valence-corrected chi connectivity index (χ2v) is 8.89. The van der Waals surface area contributed by atoms with Crippen molar-refractivity contribution in [3.05, 3.63) is 53.0 Å². The maximum absolute atomic E-state index is 12.3. The van der Waals surface area contributed by atoms with Gasteiger partial charge in [0.1, 0.15) is 0 Å². The molecule has 0 heterocycles. The number of carbonyl (C=O) groups is 3. The van der Waals surface area contributed by atoms with Gasteiger partial charge in [-0.15, -0.1) is 0 Å². The first-order valence-electron chi connectivity index (χ1n) is 10.8. The number of nitrogens with two attached hydrogens (primary N) is 1. The number of para-hydroxylation sites is 2. The van der Waals surface area contributed by atoms with Crippen molar-refractivity contribution in [2.24, 2.45) is 11.7 Å². The molecule has 0 bridgehead atoms. The Bertz CT molecular complexity index is 933. The van der Waals surface area contributed by atoms with E-state index in [-0.39, 0.29) is 23.6 Å². The van der Waals surface area contributed by atoms with E-state index in [1.165, 1.54) is 0 Å². The third-order valence-electron chi connectivity index (χ3n) is 4.90. The minimum atomic E-state index is -0.626. The molecule has 0 unspecified atom stereocenters. The first-order chi connectivity index (χ1) is 15.3. The van der Waals surface area contributed by atoms with Gasteiger partial charge < -0.3 is 21.7 Å². The van der Waals surface area contributed by atoms with Crippen LogP contribution < -0.4 is 21.7 Å². The van der Waals surface area contributed by atoms with E-state index in [1.807, 2.05) is 38.1 Å². The Morgan fingerprint density at radius 1 is 0.844 bits per heavy atom. The van der Waals surface area contributed by atoms with Crippen LogP contribution in [0.25, 0.3) is 0 Å². The summed E-state index contributed by atoms with van der Waals surface area (Å²) in [5, 5.41) is 8.49. The quantitative estimate of drug-likeness (QED) is 0.327. The molecule has 1 atom stereocenters. The van der Waals surface area contributed by atoms with E-state index < -0.39 is 6.04 Å². The topological polar surface area (TPSA) is 113 Å². The maximum atomic E-state index is 12.3. The number of carbonyl (C=O) groups excluding carboxylic acids is 3. The standard InChI is InChI=1S/C24H31BrN4O3/c1-16(2)23(26)24(32)29-20-12-7-6-11-19(20)28-22(31)14-5-3-4-13-21(30)27-18-10-8-9-17(25)15-18/h6-12,15-16,23H,3-5,13-14,26H2,1-2H3,(H,27,30)(H,28,31)(H,29,32)/t23-/m0/s1. The highest BCUT2D eigenvalue weighted by atomic mass is 79.9. The summed E-state index contributed by atoms with van der Waals surface area (Å²) >= 11 is 3.37. The number of hydrogen-bond donors (Lipinski definition) is 4. The van der Waals surface area contributed by atoms with E-state index in [0.717, 1.165) is 16.6 Å². The van der Waals surface area contributed by atoms with E-state index in [2.05, 4.69) is 31.9 Å². The van der Waals surface area contributed by atoms with Crippen molar-refractivity contribution in [2.75, 3.05) is 16.0 Å². The Kier molecular flexibility index (Phi) is 10.4. The van der Waals surface area contributed by atoms with Crippen molar-refractivity contribution in [1.29, 1.82) is 0 Å². The molecule has 2 aromatic rings. The molecule has 2 rings (SSSR count). The highest BCUT2D eigenvalue weighted by Gasteiger charge is 2.18. The van der Waals surface area contributed by atoms with Crippen LogP contribution in [0.15, 0.2) is 53.0 Å². The Morgan fingerprint density at radius 2 is 1.44 bits per heavy atom. The molecule has 0 aromatic heterocycles. The summed E-state index contributed by atoms with van der Waals surface area (Å²) in [6.45, 7) is 3.75. The third kappa shape index (κ3) is 8.80. The molecule has 0 aliphatic carbocycles. The van der Waals surface area contributed by atoms with E-state index in [1.54, 1.807) is 24.3 Å². The number of anilines is 3. The van der Waals surface area contributed by atoms with Crippen LogP contribution in [0.1, 0.15) is 46.0 Å². The molecule has 32 heavy (non-hydrogen) atoms. The third-order valence-corrected chi connectivity index (χ3v) is 5.39. The van der Waals surface area contributed by atoms with Crippen LogP contribution in [0.2, 0.25) is 0 Å². The lowest BCUT2D eigenvalue weighted by Crippen LogP contribution is -2.39. The Morgan fingerprint density at radius 3 is 2.03 bits per heavy atom. The van der Waals surface area contributed by atoms with Crippen molar-refractivity contribution in [3.8, 4) is 0 Å². The molecule has 0 spiro atoms. The molecule has 0 saturated heterocycles. The van der Waals surface area contributed by atoms with Gasteiger partial charge >= 0.3 is 0 Å². The number of rotatable bonds is 11. The molecule has 0 aliphatic heterocycles. The van der Waals surface area contributed by atoms with Gasteiger partial charge in [-0.2, -0.15) is 0 Å². The SMILES string of the molecule is CC(C)[C@H](N)C(=O)Nc1ccccc1NC(=O)CCCCCC(=O)Nc1cccc(Br)c1. The van der Waals surface area contributed by atoms with E-state index in [9.17, 15) is 14.4 Å². The maximum Gasteiger partial charge on any atom is 0.241 e. The minimum absolute atomic E-state index is 0.00778. The van der Waals surface area contributed by atoms with Gasteiger partial charge in [0.25, 0.3) is 0 Å². The van der Waals surface area contributed by atoms with Gasteiger partial charge in [-0.25, -0.2) is 0 Å². The Labute approximate surface area is 197 Å². The van der Waals surface area contributed by atoms with Crippen LogP contribution in [0.5, 0.6) is 0 Å². The molecular formula is C24H31BrN4O3. The minimum Gasteiger partial charge on any atom is -0.326 e. The summed E-state index contributed by atoms with van der Waals surface area (Å²) < 4.78 is 0.908. The first-order valence-corrected chi connectivity index (χ1v) is 11.6. The van der Waals surface area contributed by atoms with Crippen LogP contribution in [0.4, 0.5) is 17.1 Å².